The van der Waals surface area contributed by atoms with Crippen molar-refractivity contribution in [3.05, 3.63) is 58.3 Å². The fourth-order valence-corrected chi connectivity index (χ4v) is 3.86. The van der Waals surface area contributed by atoms with E-state index < -0.39 is 4.65 Å². The molecule has 1 saturated heterocycles. The van der Waals surface area contributed by atoms with Crippen LogP contribution in [-0.4, -0.2) is 55.8 Å². The second-order valence-corrected chi connectivity index (χ2v) is 7.70. The van der Waals surface area contributed by atoms with E-state index >= 15 is 0 Å². The van der Waals surface area contributed by atoms with Crippen LogP contribution in [0, 0.1) is 19.1 Å². The summed E-state index contributed by atoms with van der Waals surface area (Å²) in [6.07, 6.45) is 0.562. The van der Waals surface area contributed by atoms with E-state index in [2.05, 4.69) is 36.4 Å². The van der Waals surface area contributed by atoms with Crippen LogP contribution in [0.25, 0.3) is 11.1 Å². The standard InChI is InChI=1S/C22H28N2O3/c1-15-12-19(13-16(2)21(15)27-5)18-8-6-17(7-9-18)14-20-22(25)24(4,26)11-10-23(20)3/h6-9,12-13,20H,10-11,14H2,1-5H3. The maximum atomic E-state index is 12.5. The Morgan fingerprint density at radius 2 is 1.74 bits per heavy atom. The zero-order chi connectivity index (χ0) is 19.8. The number of amides is 1. The Bertz CT molecular complexity index is 820. The lowest BCUT2D eigenvalue weighted by atomic mass is 9.96. The van der Waals surface area contributed by atoms with Crippen molar-refractivity contribution in [1.82, 2.24) is 4.90 Å². The predicted octanol–water partition coefficient (Wildman–Crippen LogP) is 3.31. The predicted molar refractivity (Wildman–Crippen MR) is 107 cm³/mol. The van der Waals surface area contributed by atoms with Gasteiger partial charge in [-0.15, -0.1) is 0 Å². The topological polar surface area (TPSA) is 52.6 Å². The third kappa shape index (κ3) is 3.90. The molecule has 5 nitrogen and oxygen atoms in total. The summed E-state index contributed by atoms with van der Waals surface area (Å²) >= 11 is 0. The maximum absolute atomic E-state index is 12.5. The Balaban J connectivity index is 1.81. The highest BCUT2D eigenvalue weighted by Crippen LogP contribution is 2.30. The van der Waals surface area contributed by atoms with E-state index in [1.165, 1.54) is 7.05 Å². The monoisotopic (exact) mass is 368 g/mol. The van der Waals surface area contributed by atoms with Crippen molar-refractivity contribution < 1.29 is 14.2 Å². The highest BCUT2D eigenvalue weighted by molar-refractivity contribution is 5.76. The average Bonchev–Trinajstić information content (AvgIpc) is 2.63. The molecule has 1 aliphatic heterocycles. The van der Waals surface area contributed by atoms with Gasteiger partial charge in [0.2, 0.25) is 0 Å². The zero-order valence-electron chi connectivity index (χ0n) is 16.8. The van der Waals surface area contributed by atoms with Crippen LogP contribution in [0.5, 0.6) is 5.75 Å². The van der Waals surface area contributed by atoms with Gasteiger partial charge in [-0.05, 0) is 60.8 Å². The summed E-state index contributed by atoms with van der Waals surface area (Å²) in [5.74, 6) is 0.669. The van der Waals surface area contributed by atoms with E-state index in [9.17, 15) is 10.0 Å². The van der Waals surface area contributed by atoms with Crippen molar-refractivity contribution >= 4 is 5.91 Å². The minimum atomic E-state index is -0.780. The molecule has 144 valence electrons. The number of hydroxylamine groups is 3. The van der Waals surface area contributed by atoms with Gasteiger partial charge in [-0.2, -0.15) is 0 Å². The Kier molecular flexibility index (Phi) is 5.38. The summed E-state index contributed by atoms with van der Waals surface area (Å²) in [6.45, 7) is 5.05. The largest absolute Gasteiger partial charge is 0.625 e. The molecular formula is C22H28N2O3. The highest BCUT2D eigenvalue weighted by atomic mass is 16.6. The van der Waals surface area contributed by atoms with Crippen LogP contribution >= 0.6 is 0 Å². The second-order valence-electron chi connectivity index (χ2n) is 7.70. The van der Waals surface area contributed by atoms with Crippen molar-refractivity contribution in [1.29, 1.82) is 0 Å². The summed E-state index contributed by atoms with van der Waals surface area (Å²) in [7, 11) is 5.07. The molecule has 0 aromatic heterocycles. The van der Waals surface area contributed by atoms with Crippen molar-refractivity contribution in [3.8, 4) is 16.9 Å². The smallest absolute Gasteiger partial charge is 0.331 e. The molecule has 3 rings (SSSR count). The van der Waals surface area contributed by atoms with Gasteiger partial charge < -0.3 is 9.94 Å². The first-order valence-electron chi connectivity index (χ1n) is 9.28. The number of carbonyl (C=O) groups is 1. The zero-order valence-corrected chi connectivity index (χ0v) is 16.8. The van der Waals surface area contributed by atoms with Gasteiger partial charge in [0.1, 0.15) is 11.8 Å². The highest BCUT2D eigenvalue weighted by Gasteiger charge is 2.39. The minimum Gasteiger partial charge on any atom is -0.625 e. The van der Waals surface area contributed by atoms with Crippen molar-refractivity contribution in [3.63, 3.8) is 0 Å². The van der Waals surface area contributed by atoms with Gasteiger partial charge in [0.05, 0.1) is 20.7 Å². The van der Waals surface area contributed by atoms with E-state index in [0.29, 0.717) is 19.5 Å². The molecular weight excluding hydrogens is 340 g/mol. The van der Waals surface area contributed by atoms with E-state index in [1.807, 2.05) is 25.8 Å². The molecule has 1 fully saturated rings. The van der Waals surface area contributed by atoms with Crippen LogP contribution in [0.15, 0.2) is 36.4 Å². The summed E-state index contributed by atoms with van der Waals surface area (Å²) in [5.41, 5.74) is 5.55. The first kappa shape index (κ1) is 19.5. The summed E-state index contributed by atoms with van der Waals surface area (Å²) in [5, 5.41) is 12.3. The van der Waals surface area contributed by atoms with Gasteiger partial charge in [-0.3, -0.25) is 9.55 Å². The molecule has 2 atom stereocenters. The Morgan fingerprint density at radius 1 is 1.15 bits per heavy atom. The van der Waals surface area contributed by atoms with Crippen molar-refractivity contribution in [2.75, 3.05) is 34.3 Å². The Labute approximate surface area is 161 Å². The molecule has 1 heterocycles. The molecule has 1 aliphatic rings. The third-order valence-corrected chi connectivity index (χ3v) is 5.54. The number of likely N-dealkylation sites (N-methyl/N-ethyl adjacent to an activating group) is 2. The van der Waals surface area contributed by atoms with E-state index in [4.69, 9.17) is 4.74 Å². The molecule has 0 bridgehead atoms. The number of carbonyl (C=O) groups excluding carboxylic acids is 1. The molecule has 0 radical (unpaired) electrons. The fourth-order valence-electron chi connectivity index (χ4n) is 3.86. The van der Waals surface area contributed by atoms with E-state index in [1.54, 1.807) is 7.11 Å². The molecule has 2 aromatic carbocycles. The number of hydrogen-bond donors (Lipinski definition) is 0. The van der Waals surface area contributed by atoms with Crippen LogP contribution in [-0.2, 0) is 11.2 Å². The number of rotatable bonds is 4. The molecule has 2 aromatic rings. The van der Waals surface area contributed by atoms with Gasteiger partial charge in [0.25, 0.3) is 0 Å². The Hall–Kier alpha value is -2.21. The second kappa shape index (κ2) is 7.43. The lowest BCUT2D eigenvalue weighted by Gasteiger charge is -2.45. The molecule has 0 aliphatic carbocycles. The normalized spacial score (nSPS) is 23.5. The minimum absolute atomic E-state index is 0.255. The molecule has 2 unspecified atom stereocenters. The van der Waals surface area contributed by atoms with Gasteiger partial charge >= 0.3 is 5.91 Å². The van der Waals surface area contributed by atoms with Crippen LogP contribution in [0.4, 0.5) is 0 Å². The fraction of sp³-hybridized carbons (Fsp3) is 0.409. The van der Waals surface area contributed by atoms with Crippen LogP contribution in [0.2, 0.25) is 0 Å². The van der Waals surface area contributed by atoms with E-state index in [0.717, 1.165) is 33.6 Å². The number of piperazine rings is 1. The van der Waals surface area contributed by atoms with Crippen LogP contribution < -0.4 is 4.74 Å². The molecule has 1 amide bonds. The number of hydrogen-bond acceptors (Lipinski definition) is 4. The quantitative estimate of drug-likeness (QED) is 0.614. The number of nitrogens with zero attached hydrogens (tertiary/aromatic N) is 2. The number of ether oxygens (including phenoxy) is 1. The molecule has 5 heteroatoms. The van der Waals surface area contributed by atoms with Gasteiger partial charge in [0, 0.05) is 13.0 Å². The van der Waals surface area contributed by atoms with E-state index in [-0.39, 0.29) is 11.9 Å². The lowest BCUT2D eigenvalue weighted by molar-refractivity contribution is -0.788. The van der Waals surface area contributed by atoms with Crippen molar-refractivity contribution in [2.45, 2.75) is 26.3 Å². The third-order valence-electron chi connectivity index (χ3n) is 5.54. The van der Waals surface area contributed by atoms with Crippen LogP contribution in [0.1, 0.15) is 16.7 Å². The van der Waals surface area contributed by atoms with Gasteiger partial charge in [-0.25, -0.2) is 4.79 Å². The lowest BCUT2D eigenvalue weighted by Crippen LogP contribution is -2.62. The summed E-state index contributed by atoms with van der Waals surface area (Å²) in [4.78, 5) is 14.5. The first-order valence-corrected chi connectivity index (χ1v) is 9.28. The number of benzene rings is 2. The number of quaternary nitrogens is 1. The summed E-state index contributed by atoms with van der Waals surface area (Å²) < 4.78 is 4.66. The SMILES string of the molecule is COc1c(C)cc(-c2ccc(CC3C(=O)[N+](C)([O-])CCN3C)cc2)cc1C. The molecule has 0 spiro atoms. The van der Waals surface area contributed by atoms with Crippen molar-refractivity contribution in [2.24, 2.45) is 0 Å². The Morgan fingerprint density at radius 3 is 2.30 bits per heavy atom. The number of aryl methyl sites for hydroxylation is 2. The van der Waals surface area contributed by atoms with Crippen LogP contribution in [0.3, 0.4) is 0 Å². The van der Waals surface area contributed by atoms with Gasteiger partial charge in [-0.1, -0.05) is 24.3 Å². The van der Waals surface area contributed by atoms with Gasteiger partial charge in [0.15, 0.2) is 0 Å². The first-order chi connectivity index (χ1) is 12.7. The summed E-state index contributed by atoms with van der Waals surface area (Å²) in [6, 6.07) is 12.1. The molecule has 27 heavy (non-hydrogen) atoms. The maximum Gasteiger partial charge on any atom is 0.331 e. The average molecular weight is 368 g/mol. The molecule has 0 N–H and O–H groups in total. The number of methoxy groups -OCH3 is 1. The molecule has 0 saturated carbocycles.